The van der Waals surface area contributed by atoms with Crippen molar-refractivity contribution in [1.29, 1.82) is 0 Å². The number of nitrogens with one attached hydrogen (secondary N) is 1. The molecule has 0 radical (unpaired) electrons. The fourth-order valence-electron chi connectivity index (χ4n) is 2.50. The number of benzene rings is 1. The van der Waals surface area contributed by atoms with Gasteiger partial charge in [-0.15, -0.1) is 0 Å². The molecule has 1 aromatic rings. The second kappa shape index (κ2) is 7.22. The summed E-state index contributed by atoms with van der Waals surface area (Å²) in [6.07, 6.45) is 2.88. The normalized spacial score (nSPS) is 15.8. The molecule has 5 heteroatoms. The maximum absolute atomic E-state index is 12.2. The van der Waals surface area contributed by atoms with Crippen molar-refractivity contribution in [3.8, 4) is 0 Å². The van der Waals surface area contributed by atoms with E-state index < -0.39 is 0 Å². The highest BCUT2D eigenvalue weighted by Crippen LogP contribution is 2.16. The first-order chi connectivity index (χ1) is 10.2. The zero-order valence-corrected chi connectivity index (χ0v) is 12.5. The average Bonchev–Trinajstić information content (AvgIpc) is 3.03. The maximum Gasteiger partial charge on any atom is 0.253 e. The summed E-state index contributed by atoms with van der Waals surface area (Å²) in [6, 6.07) is 7.06. The molecule has 0 aliphatic carbocycles. The molecule has 3 N–H and O–H groups in total. The number of nitrogens with zero attached hydrogens (tertiary/aromatic N) is 1. The van der Waals surface area contributed by atoms with Gasteiger partial charge in [-0.1, -0.05) is 6.92 Å². The van der Waals surface area contributed by atoms with Gasteiger partial charge in [0.1, 0.15) is 0 Å². The summed E-state index contributed by atoms with van der Waals surface area (Å²) >= 11 is 0. The predicted molar refractivity (Wildman–Crippen MR) is 83.0 cm³/mol. The first kappa shape index (κ1) is 15.5. The lowest BCUT2D eigenvalue weighted by Crippen LogP contribution is -2.29. The van der Waals surface area contributed by atoms with Crippen molar-refractivity contribution in [1.82, 2.24) is 4.90 Å². The number of hydrogen-bond donors (Lipinski definition) is 2. The van der Waals surface area contributed by atoms with Crippen LogP contribution in [-0.2, 0) is 4.79 Å². The number of rotatable bonds is 5. The highest BCUT2D eigenvalue weighted by Gasteiger charge is 2.19. The molecule has 0 bridgehead atoms. The average molecular weight is 289 g/mol. The molecule has 1 aromatic carbocycles. The Bertz CT molecular complexity index is 489. The molecule has 1 aliphatic rings. The molecular formula is C16H23N3O2. The fraction of sp³-hybridized carbons (Fsp3) is 0.500. The third kappa shape index (κ3) is 3.82. The van der Waals surface area contributed by atoms with E-state index in [2.05, 4.69) is 5.32 Å². The Morgan fingerprint density at radius 1 is 1.24 bits per heavy atom. The highest BCUT2D eigenvalue weighted by atomic mass is 16.2. The molecular weight excluding hydrogens is 266 g/mol. The minimum absolute atomic E-state index is 0.0683. The third-order valence-corrected chi connectivity index (χ3v) is 3.94. The van der Waals surface area contributed by atoms with E-state index in [-0.39, 0.29) is 17.7 Å². The van der Waals surface area contributed by atoms with E-state index in [9.17, 15) is 9.59 Å². The second-order valence-corrected chi connectivity index (χ2v) is 5.41. The number of likely N-dealkylation sites (tertiary alicyclic amines) is 1. The van der Waals surface area contributed by atoms with Crippen molar-refractivity contribution in [2.45, 2.75) is 26.2 Å². The molecule has 1 atom stereocenters. The monoisotopic (exact) mass is 289 g/mol. The smallest absolute Gasteiger partial charge is 0.253 e. The summed E-state index contributed by atoms with van der Waals surface area (Å²) in [5.41, 5.74) is 6.93. The van der Waals surface area contributed by atoms with Crippen LogP contribution < -0.4 is 11.1 Å². The number of anilines is 1. The quantitative estimate of drug-likeness (QED) is 0.868. The van der Waals surface area contributed by atoms with Crippen molar-refractivity contribution >= 4 is 17.5 Å². The Morgan fingerprint density at radius 3 is 2.38 bits per heavy atom. The molecule has 5 nitrogen and oxygen atoms in total. The predicted octanol–water partition coefficient (Wildman–Crippen LogP) is 1.85. The van der Waals surface area contributed by atoms with Crippen LogP contribution in [0.15, 0.2) is 24.3 Å². The summed E-state index contributed by atoms with van der Waals surface area (Å²) in [4.78, 5) is 26.0. The summed E-state index contributed by atoms with van der Waals surface area (Å²) in [5.74, 6) is -0.173. The SMILES string of the molecule is CCC(CN)C(=O)Nc1ccc(C(=O)N2CCCC2)cc1. The van der Waals surface area contributed by atoms with Gasteiger partial charge >= 0.3 is 0 Å². The zero-order valence-electron chi connectivity index (χ0n) is 12.5. The number of carbonyl (C=O) groups is 2. The minimum Gasteiger partial charge on any atom is -0.339 e. The van der Waals surface area contributed by atoms with Crippen LogP contribution in [0, 0.1) is 5.92 Å². The van der Waals surface area contributed by atoms with E-state index >= 15 is 0 Å². The van der Waals surface area contributed by atoms with Crippen LogP contribution in [0.25, 0.3) is 0 Å². The Labute approximate surface area is 125 Å². The van der Waals surface area contributed by atoms with Gasteiger partial charge in [0, 0.05) is 30.9 Å². The summed E-state index contributed by atoms with van der Waals surface area (Å²) in [6.45, 7) is 3.96. The summed E-state index contributed by atoms with van der Waals surface area (Å²) < 4.78 is 0. The molecule has 1 fully saturated rings. The summed E-state index contributed by atoms with van der Waals surface area (Å²) in [5, 5.41) is 2.84. The van der Waals surface area contributed by atoms with Crippen LogP contribution in [0.2, 0.25) is 0 Å². The van der Waals surface area contributed by atoms with Crippen molar-refractivity contribution in [3.05, 3.63) is 29.8 Å². The molecule has 0 spiro atoms. The first-order valence-electron chi connectivity index (χ1n) is 7.56. The van der Waals surface area contributed by atoms with E-state index in [0.717, 1.165) is 25.9 Å². The van der Waals surface area contributed by atoms with Crippen LogP contribution in [0.3, 0.4) is 0 Å². The van der Waals surface area contributed by atoms with Crippen molar-refractivity contribution in [2.24, 2.45) is 11.7 Å². The van der Waals surface area contributed by atoms with Crippen LogP contribution in [0.5, 0.6) is 0 Å². The largest absolute Gasteiger partial charge is 0.339 e. The van der Waals surface area contributed by atoms with Crippen LogP contribution in [0.4, 0.5) is 5.69 Å². The topological polar surface area (TPSA) is 75.4 Å². The molecule has 2 amide bonds. The number of hydrogen-bond acceptors (Lipinski definition) is 3. The van der Waals surface area contributed by atoms with Gasteiger partial charge in [0.05, 0.1) is 5.92 Å². The molecule has 1 unspecified atom stereocenters. The molecule has 0 aromatic heterocycles. The Morgan fingerprint density at radius 2 is 1.86 bits per heavy atom. The van der Waals surface area contributed by atoms with E-state index in [1.165, 1.54) is 0 Å². The zero-order chi connectivity index (χ0) is 15.2. The number of amides is 2. The third-order valence-electron chi connectivity index (χ3n) is 3.94. The van der Waals surface area contributed by atoms with E-state index in [4.69, 9.17) is 5.73 Å². The van der Waals surface area contributed by atoms with E-state index in [1.807, 2.05) is 11.8 Å². The van der Waals surface area contributed by atoms with Crippen LogP contribution in [-0.4, -0.2) is 36.3 Å². The Kier molecular flexibility index (Phi) is 5.33. The molecule has 2 rings (SSSR count). The standard InChI is InChI=1S/C16H23N3O2/c1-2-12(11-17)15(20)18-14-7-5-13(6-8-14)16(21)19-9-3-4-10-19/h5-8,12H,2-4,9-11,17H2,1H3,(H,18,20). The molecule has 1 saturated heterocycles. The van der Waals surface area contributed by atoms with Gasteiger partial charge in [-0.05, 0) is 43.5 Å². The maximum atomic E-state index is 12.2. The molecule has 1 heterocycles. The second-order valence-electron chi connectivity index (χ2n) is 5.41. The van der Waals surface area contributed by atoms with Gasteiger partial charge in [0.2, 0.25) is 5.91 Å². The Balaban J connectivity index is 1.98. The highest BCUT2D eigenvalue weighted by molar-refractivity contribution is 5.96. The molecule has 21 heavy (non-hydrogen) atoms. The lowest BCUT2D eigenvalue weighted by Gasteiger charge is -2.16. The van der Waals surface area contributed by atoms with Gasteiger partial charge < -0.3 is 16.0 Å². The van der Waals surface area contributed by atoms with Gasteiger partial charge in [0.15, 0.2) is 0 Å². The van der Waals surface area contributed by atoms with Crippen molar-refractivity contribution < 1.29 is 9.59 Å². The number of carbonyl (C=O) groups excluding carboxylic acids is 2. The van der Waals surface area contributed by atoms with Gasteiger partial charge in [-0.2, -0.15) is 0 Å². The molecule has 1 aliphatic heterocycles. The van der Waals surface area contributed by atoms with Gasteiger partial charge in [-0.3, -0.25) is 9.59 Å². The van der Waals surface area contributed by atoms with Gasteiger partial charge in [-0.25, -0.2) is 0 Å². The van der Waals surface area contributed by atoms with Crippen LogP contribution >= 0.6 is 0 Å². The molecule has 114 valence electrons. The lowest BCUT2D eigenvalue weighted by atomic mass is 10.1. The van der Waals surface area contributed by atoms with Gasteiger partial charge in [0.25, 0.3) is 5.91 Å². The van der Waals surface area contributed by atoms with Crippen molar-refractivity contribution in [2.75, 3.05) is 25.0 Å². The molecule has 0 saturated carbocycles. The summed E-state index contributed by atoms with van der Waals surface area (Å²) in [7, 11) is 0. The Hall–Kier alpha value is -1.88. The minimum atomic E-state index is -0.170. The van der Waals surface area contributed by atoms with Crippen molar-refractivity contribution in [3.63, 3.8) is 0 Å². The van der Waals surface area contributed by atoms with Crippen LogP contribution in [0.1, 0.15) is 36.5 Å². The first-order valence-corrected chi connectivity index (χ1v) is 7.56. The number of nitrogens with two attached hydrogens (primary N) is 1. The van der Waals surface area contributed by atoms with E-state index in [1.54, 1.807) is 24.3 Å². The fourth-order valence-corrected chi connectivity index (χ4v) is 2.50. The van der Waals surface area contributed by atoms with E-state index in [0.29, 0.717) is 24.2 Å². The lowest BCUT2D eigenvalue weighted by molar-refractivity contribution is -0.119.